The molecule has 0 radical (unpaired) electrons. The van der Waals surface area contributed by atoms with Crippen LogP contribution in [0.5, 0.6) is 0 Å². The third-order valence-corrected chi connectivity index (χ3v) is 2.35. The molecular formula is C11H15N3. The van der Waals surface area contributed by atoms with Gasteiger partial charge >= 0.3 is 0 Å². The molecule has 2 aromatic rings. The van der Waals surface area contributed by atoms with Gasteiger partial charge in [0.2, 0.25) is 0 Å². The molecule has 2 heterocycles. The first-order chi connectivity index (χ1) is 6.85. The minimum absolute atomic E-state index is 0.872. The number of hydrogen-bond donors (Lipinski definition) is 1. The lowest BCUT2D eigenvalue weighted by Gasteiger charge is -2.03. The molecule has 1 N–H and O–H groups in total. The second kappa shape index (κ2) is 3.80. The Hall–Kier alpha value is -1.35. The van der Waals surface area contributed by atoms with E-state index >= 15 is 0 Å². The molecule has 0 fully saturated rings. The van der Waals surface area contributed by atoms with Crippen LogP contribution in [-0.2, 0) is 13.0 Å². The number of aryl methyl sites for hydroxylation is 1. The van der Waals surface area contributed by atoms with Gasteiger partial charge in [-0.15, -0.1) is 0 Å². The smallest absolute Gasteiger partial charge is 0.137 e. The van der Waals surface area contributed by atoms with E-state index in [1.807, 2.05) is 13.1 Å². The normalized spacial score (nSPS) is 11.0. The van der Waals surface area contributed by atoms with Crippen molar-refractivity contribution >= 4 is 5.65 Å². The zero-order valence-electron chi connectivity index (χ0n) is 8.62. The van der Waals surface area contributed by atoms with Crippen molar-refractivity contribution in [3.8, 4) is 0 Å². The molecule has 0 bridgehead atoms. The number of nitrogens with zero attached hydrogens (tertiary/aromatic N) is 2. The summed E-state index contributed by atoms with van der Waals surface area (Å²) < 4.78 is 2.15. The third-order valence-electron chi connectivity index (χ3n) is 2.35. The molecule has 0 aromatic carbocycles. The summed E-state index contributed by atoms with van der Waals surface area (Å²) in [6.45, 7) is 3.00. The summed E-state index contributed by atoms with van der Waals surface area (Å²) in [5.41, 5.74) is 3.43. The van der Waals surface area contributed by atoms with E-state index in [9.17, 15) is 0 Å². The van der Waals surface area contributed by atoms with Crippen LogP contribution in [0.25, 0.3) is 5.65 Å². The molecule has 2 aromatic heterocycles. The number of pyridine rings is 1. The molecule has 0 aliphatic rings. The maximum atomic E-state index is 4.51. The fourth-order valence-electron chi connectivity index (χ4n) is 1.61. The first kappa shape index (κ1) is 9.21. The molecule has 0 amide bonds. The average molecular weight is 189 g/mol. The second-order valence-electron chi connectivity index (χ2n) is 3.36. The monoisotopic (exact) mass is 189 g/mol. The lowest BCUT2D eigenvalue weighted by molar-refractivity contribution is 0.777. The first-order valence-electron chi connectivity index (χ1n) is 4.95. The van der Waals surface area contributed by atoms with E-state index in [1.165, 1.54) is 5.69 Å². The van der Waals surface area contributed by atoms with Gasteiger partial charge in [-0.05, 0) is 25.6 Å². The van der Waals surface area contributed by atoms with Crippen LogP contribution in [0.2, 0.25) is 0 Å². The van der Waals surface area contributed by atoms with Gasteiger partial charge in [-0.2, -0.15) is 0 Å². The molecule has 0 saturated carbocycles. The largest absolute Gasteiger partial charge is 0.314 e. The van der Waals surface area contributed by atoms with Gasteiger partial charge in [-0.3, -0.25) is 0 Å². The van der Waals surface area contributed by atoms with Crippen molar-refractivity contribution in [2.24, 2.45) is 0 Å². The predicted molar refractivity (Wildman–Crippen MR) is 57.3 cm³/mol. The summed E-state index contributed by atoms with van der Waals surface area (Å²) in [4.78, 5) is 4.51. The molecule has 0 spiro atoms. The highest BCUT2D eigenvalue weighted by Gasteiger charge is 2.02. The lowest BCUT2D eigenvalue weighted by atomic mass is 10.3. The summed E-state index contributed by atoms with van der Waals surface area (Å²) in [6, 6.07) is 6.21. The zero-order chi connectivity index (χ0) is 9.97. The fraction of sp³-hybridized carbons (Fsp3) is 0.364. The van der Waals surface area contributed by atoms with Crippen LogP contribution in [0.15, 0.2) is 24.4 Å². The van der Waals surface area contributed by atoms with Crippen LogP contribution < -0.4 is 5.32 Å². The number of imidazole rings is 1. The number of fused-ring (bicyclic) bond motifs is 1. The van der Waals surface area contributed by atoms with Crippen molar-refractivity contribution in [3.63, 3.8) is 0 Å². The molecule has 3 nitrogen and oxygen atoms in total. The topological polar surface area (TPSA) is 29.3 Å². The van der Waals surface area contributed by atoms with E-state index in [2.05, 4.69) is 40.0 Å². The second-order valence-corrected chi connectivity index (χ2v) is 3.36. The molecule has 14 heavy (non-hydrogen) atoms. The molecule has 74 valence electrons. The van der Waals surface area contributed by atoms with E-state index in [-0.39, 0.29) is 0 Å². The van der Waals surface area contributed by atoms with Crippen LogP contribution in [0.1, 0.15) is 18.3 Å². The van der Waals surface area contributed by atoms with Crippen molar-refractivity contribution in [1.82, 2.24) is 14.7 Å². The predicted octanol–water partition coefficient (Wildman–Crippen LogP) is 1.62. The van der Waals surface area contributed by atoms with Crippen molar-refractivity contribution < 1.29 is 0 Å². The summed E-state index contributed by atoms with van der Waals surface area (Å²) in [5.74, 6) is 0. The summed E-state index contributed by atoms with van der Waals surface area (Å²) in [6.07, 6.45) is 3.10. The Morgan fingerprint density at radius 3 is 3.00 bits per heavy atom. The van der Waals surface area contributed by atoms with Gasteiger partial charge in [-0.25, -0.2) is 4.98 Å². The van der Waals surface area contributed by atoms with Gasteiger partial charge in [0.1, 0.15) is 5.65 Å². The zero-order valence-corrected chi connectivity index (χ0v) is 8.62. The van der Waals surface area contributed by atoms with Crippen LogP contribution in [0.4, 0.5) is 0 Å². The van der Waals surface area contributed by atoms with Gasteiger partial charge in [-0.1, -0.05) is 13.0 Å². The highest BCUT2D eigenvalue weighted by Crippen LogP contribution is 2.09. The first-order valence-corrected chi connectivity index (χ1v) is 4.95. The number of nitrogens with one attached hydrogen (secondary N) is 1. The van der Waals surface area contributed by atoms with E-state index in [1.54, 1.807) is 0 Å². The fourth-order valence-corrected chi connectivity index (χ4v) is 1.61. The quantitative estimate of drug-likeness (QED) is 0.795. The molecular weight excluding hydrogens is 174 g/mol. The summed E-state index contributed by atoms with van der Waals surface area (Å²) in [7, 11) is 1.95. The van der Waals surface area contributed by atoms with E-state index in [0.717, 1.165) is 24.3 Å². The van der Waals surface area contributed by atoms with Crippen molar-refractivity contribution in [1.29, 1.82) is 0 Å². The molecule has 0 aliphatic carbocycles. The highest BCUT2D eigenvalue weighted by atomic mass is 15.0. The minimum Gasteiger partial charge on any atom is -0.314 e. The maximum absolute atomic E-state index is 4.51. The lowest BCUT2D eigenvalue weighted by Crippen LogP contribution is -2.08. The summed E-state index contributed by atoms with van der Waals surface area (Å²) >= 11 is 0. The standard InChI is InChI=1S/C11H15N3/c1-3-9-8-14-10(7-12-2)5-4-6-11(14)13-9/h4-6,8,12H,3,7H2,1-2H3. The Kier molecular flexibility index (Phi) is 2.50. The van der Waals surface area contributed by atoms with Crippen LogP contribution in [0.3, 0.4) is 0 Å². The van der Waals surface area contributed by atoms with Gasteiger partial charge in [0, 0.05) is 18.4 Å². The summed E-state index contributed by atoms with van der Waals surface area (Å²) in [5, 5.41) is 3.15. The molecule has 0 aliphatic heterocycles. The Bertz CT molecular complexity index is 431. The van der Waals surface area contributed by atoms with E-state index < -0.39 is 0 Å². The molecule has 0 atom stereocenters. The van der Waals surface area contributed by atoms with Crippen LogP contribution >= 0.6 is 0 Å². The van der Waals surface area contributed by atoms with Crippen molar-refractivity contribution in [2.45, 2.75) is 19.9 Å². The molecule has 2 rings (SSSR count). The Morgan fingerprint density at radius 2 is 2.29 bits per heavy atom. The maximum Gasteiger partial charge on any atom is 0.137 e. The average Bonchev–Trinajstić information content (AvgIpc) is 2.62. The SMILES string of the molecule is CCc1cn2c(CNC)cccc2n1. The minimum atomic E-state index is 0.872. The Balaban J connectivity index is 2.55. The van der Waals surface area contributed by atoms with Crippen molar-refractivity contribution in [2.75, 3.05) is 7.05 Å². The van der Waals surface area contributed by atoms with E-state index in [4.69, 9.17) is 0 Å². The molecule has 0 unspecified atom stereocenters. The molecule has 0 saturated heterocycles. The number of hydrogen-bond acceptors (Lipinski definition) is 2. The van der Waals surface area contributed by atoms with Gasteiger partial charge in [0.15, 0.2) is 0 Å². The Labute approximate surface area is 83.8 Å². The number of rotatable bonds is 3. The van der Waals surface area contributed by atoms with Crippen LogP contribution in [-0.4, -0.2) is 16.4 Å². The number of aromatic nitrogens is 2. The van der Waals surface area contributed by atoms with Gasteiger partial charge < -0.3 is 9.72 Å². The van der Waals surface area contributed by atoms with Gasteiger partial charge in [0.05, 0.1) is 5.69 Å². The van der Waals surface area contributed by atoms with Crippen LogP contribution in [0, 0.1) is 0 Å². The van der Waals surface area contributed by atoms with Gasteiger partial charge in [0.25, 0.3) is 0 Å². The van der Waals surface area contributed by atoms with E-state index in [0.29, 0.717) is 0 Å². The molecule has 3 heteroatoms. The Morgan fingerprint density at radius 1 is 1.43 bits per heavy atom. The third kappa shape index (κ3) is 1.51. The highest BCUT2D eigenvalue weighted by molar-refractivity contribution is 5.41. The van der Waals surface area contributed by atoms with Crippen molar-refractivity contribution in [3.05, 3.63) is 35.8 Å².